The monoisotopic (exact) mass is 394 g/mol. The van der Waals surface area contributed by atoms with Crippen molar-refractivity contribution in [3.8, 4) is 5.75 Å². The molecule has 2 aromatic heterocycles. The maximum absolute atomic E-state index is 13.1. The molecule has 0 aliphatic heterocycles. The van der Waals surface area contributed by atoms with Crippen molar-refractivity contribution in [3.63, 3.8) is 0 Å². The maximum Gasteiger partial charge on any atom is 0.347 e. The van der Waals surface area contributed by atoms with Gasteiger partial charge in [-0.15, -0.1) is 0 Å². The Balaban J connectivity index is 2.19. The Bertz CT molecular complexity index is 1070. The molecule has 1 atom stereocenters. The fraction of sp³-hybridized carbons (Fsp3) is 0.348. The van der Waals surface area contributed by atoms with E-state index in [9.17, 15) is 14.7 Å². The summed E-state index contributed by atoms with van der Waals surface area (Å²) in [6.45, 7) is 6.28. The topological polar surface area (TPSA) is 81.4 Å². The predicted molar refractivity (Wildman–Crippen MR) is 112 cm³/mol. The molecular weight excluding hydrogens is 368 g/mol. The number of aromatic hydroxyl groups is 1. The number of pyridine rings is 2. The molecule has 6 heteroatoms. The third-order valence-electron chi connectivity index (χ3n) is 5.06. The van der Waals surface area contributed by atoms with Crippen LogP contribution < -0.4 is 5.56 Å². The maximum atomic E-state index is 13.1. The average Bonchev–Trinajstić information content (AvgIpc) is 2.72. The number of benzene rings is 1. The minimum Gasteiger partial charge on any atom is -0.505 e. The molecule has 2 heterocycles. The molecule has 0 bridgehead atoms. The SMILES string of the molecule is CCOC(=O)c1c(O)c2ncc(Cc3ccccc3)cc2n(CC(C)CC)c1=O. The van der Waals surface area contributed by atoms with Crippen molar-refractivity contribution in [1.29, 1.82) is 0 Å². The lowest BCUT2D eigenvalue weighted by Crippen LogP contribution is -2.30. The van der Waals surface area contributed by atoms with Crippen molar-refractivity contribution in [2.45, 2.75) is 40.2 Å². The first-order chi connectivity index (χ1) is 14.0. The van der Waals surface area contributed by atoms with Gasteiger partial charge < -0.3 is 14.4 Å². The molecule has 0 aliphatic carbocycles. The number of nitrogens with zero attached hydrogens (tertiary/aromatic N) is 2. The molecule has 0 aliphatic rings. The summed E-state index contributed by atoms with van der Waals surface area (Å²) in [4.78, 5) is 29.8. The number of carbonyl (C=O) groups excluding carboxylic acids is 1. The summed E-state index contributed by atoms with van der Waals surface area (Å²) in [5.74, 6) is -1.03. The van der Waals surface area contributed by atoms with Crippen molar-refractivity contribution in [3.05, 3.63) is 69.6 Å². The predicted octanol–water partition coefficient (Wildman–Crippen LogP) is 3.92. The van der Waals surface area contributed by atoms with Crippen LogP contribution in [0.5, 0.6) is 5.75 Å². The van der Waals surface area contributed by atoms with Crippen LogP contribution in [0, 0.1) is 5.92 Å². The number of hydrogen-bond donors (Lipinski definition) is 1. The van der Waals surface area contributed by atoms with Gasteiger partial charge in [0.15, 0.2) is 11.3 Å². The summed E-state index contributed by atoms with van der Waals surface area (Å²) in [5, 5.41) is 10.6. The molecule has 1 unspecified atom stereocenters. The molecule has 0 amide bonds. The number of hydrogen-bond acceptors (Lipinski definition) is 5. The standard InChI is InChI=1S/C23H26N2O4/c1-4-15(3)14-25-18-12-17(11-16-9-7-6-8-10-16)13-24-20(18)21(26)19(22(25)27)23(28)29-5-2/h6-10,12-13,15,26H,4-5,11,14H2,1-3H3. The summed E-state index contributed by atoms with van der Waals surface area (Å²) in [6.07, 6.45) is 3.20. The summed E-state index contributed by atoms with van der Waals surface area (Å²) in [7, 11) is 0. The summed E-state index contributed by atoms with van der Waals surface area (Å²) >= 11 is 0. The van der Waals surface area contributed by atoms with Crippen LogP contribution in [0.4, 0.5) is 0 Å². The van der Waals surface area contributed by atoms with Crippen LogP contribution in [-0.4, -0.2) is 27.2 Å². The Hall–Kier alpha value is -3.15. The Kier molecular flexibility index (Phi) is 6.32. The van der Waals surface area contributed by atoms with Crippen LogP contribution in [-0.2, 0) is 17.7 Å². The lowest BCUT2D eigenvalue weighted by atomic mass is 10.0. The van der Waals surface area contributed by atoms with E-state index in [1.807, 2.05) is 50.2 Å². The molecule has 1 N–H and O–H groups in total. The Labute approximate surface area is 169 Å². The van der Waals surface area contributed by atoms with Crippen molar-refractivity contribution in [1.82, 2.24) is 9.55 Å². The number of esters is 1. The van der Waals surface area contributed by atoms with Crippen LogP contribution in [0.25, 0.3) is 11.0 Å². The zero-order valence-electron chi connectivity index (χ0n) is 17.0. The van der Waals surface area contributed by atoms with Gasteiger partial charge in [-0.05, 0) is 36.5 Å². The lowest BCUT2D eigenvalue weighted by Gasteiger charge is -2.17. The molecule has 152 valence electrons. The highest BCUT2D eigenvalue weighted by Crippen LogP contribution is 2.27. The highest BCUT2D eigenvalue weighted by atomic mass is 16.5. The van der Waals surface area contributed by atoms with Crippen molar-refractivity contribution in [2.75, 3.05) is 6.61 Å². The van der Waals surface area contributed by atoms with E-state index in [1.54, 1.807) is 13.1 Å². The molecule has 0 spiro atoms. The van der Waals surface area contributed by atoms with E-state index in [-0.39, 0.29) is 23.6 Å². The summed E-state index contributed by atoms with van der Waals surface area (Å²) in [6, 6.07) is 11.8. The van der Waals surface area contributed by atoms with E-state index in [1.165, 1.54) is 4.57 Å². The fourth-order valence-electron chi connectivity index (χ4n) is 3.28. The van der Waals surface area contributed by atoms with Gasteiger partial charge in [-0.25, -0.2) is 4.79 Å². The molecule has 0 saturated carbocycles. The van der Waals surface area contributed by atoms with Crippen LogP contribution in [0.3, 0.4) is 0 Å². The van der Waals surface area contributed by atoms with E-state index < -0.39 is 17.3 Å². The van der Waals surface area contributed by atoms with Gasteiger partial charge in [-0.3, -0.25) is 9.78 Å². The van der Waals surface area contributed by atoms with E-state index in [2.05, 4.69) is 4.98 Å². The van der Waals surface area contributed by atoms with Crippen LogP contribution in [0.2, 0.25) is 0 Å². The van der Waals surface area contributed by atoms with E-state index in [0.29, 0.717) is 18.5 Å². The van der Waals surface area contributed by atoms with Crippen LogP contribution in [0.1, 0.15) is 48.7 Å². The molecule has 0 radical (unpaired) electrons. The second-order valence-electron chi connectivity index (χ2n) is 7.25. The Morgan fingerprint density at radius 3 is 2.59 bits per heavy atom. The third kappa shape index (κ3) is 4.31. The molecule has 0 fully saturated rings. The number of fused-ring (bicyclic) bond motifs is 1. The lowest BCUT2D eigenvalue weighted by molar-refractivity contribution is 0.0520. The van der Waals surface area contributed by atoms with E-state index in [4.69, 9.17) is 4.74 Å². The number of carbonyl (C=O) groups is 1. The second kappa shape index (κ2) is 8.90. The van der Waals surface area contributed by atoms with Gasteiger partial charge in [0.2, 0.25) is 0 Å². The summed E-state index contributed by atoms with van der Waals surface area (Å²) in [5.41, 5.74) is 1.89. The minimum absolute atomic E-state index is 0.116. The first-order valence-electron chi connectivity index (χ1n) is 9.91. The molecule has 3 rings (SSSR count). The highest BCUT2D eigenvalue weighted by molar-refractivity contribution is 5.98. The van der Waals surface area contributed by atoms with Crippen LogP contribution in [0.15, 0.2) is 47.4 Å². The number of rotatable bonds is 7. The molecule has 3 aromatic rings. The normalized spacial score (nSPS) is 12.1. The molecule has 1 aromatic carbocycles. The largest absolute Gasteiger partial charge is 0.505 e. The molecular formula is C23H26N2O4. The third-order valence-corrected chi connectivity index (χ3v) is 5.06. The van der Waals surface area contributed by atoms with Gasteiger partial charge in [-0.2, -0.15) is 0 Å². The number of aromatic nitrogens is 2. The highest BCUT2D eigenvalue weighted by Gasteiger charge is 2.25. The molecule has 0 saturated heterocycles. The first-order valence-corrected chi connectivity index (χ1v) is 9.91. The molecule has 6 nitrogen and oxygen atoms in total. The fourth-order valence-corrected chi connectivity index (χ4v) is 3.28. The van der Waals surface area contributed by atoms with Gasteiger partial charge in [0, 0.05) is 12.7 Å². The van der Waals surface area contributed by atoms with Crippen LogP contribution >= 0.6 is 0 Å². The van der Waals surface area contributed by atoms with Gasteiger partial charge >= 0.3 is 5.97 Å². The molecule has 29 heavy (non-hydrogen) atoms. The Morgan fingerprint density at radius 1 is 1.21 bits per heavy atom. The van der Waals surface area contributed by atoms with Crippen molar-refractivity contribution < 1.29 is 14.6 Å². The zero-order chi connectivity index (χ0) is 21.0. The smallest absolute Gasteiger partial charge is 0.347 e. The van der Waals surface area contributed by atoms with E-state index in [0.717, 1.165) is 17.5 Å². The minimum atomic E-state index is -0.829. The van der Waals surface area contributed by atoms with Crippen molar-refractivity contribution in [2.24, 2.45) is 5.92 Å². The van der Waals surface area contributed by atoms with Gasteiger partial charge in [0.25, 0.3) is 5.56 Å². The second-order valence-corrected chi connectivity index (χ2v) is 7.25. The summed E-state index contributed by atoms with van der Waals surface area (Å²) < 4.78 is 6.53. The van der Waals surface area contributed by atoms with Gasteiger partial charge in [-0.1, -0.05) is 50.6 Å². The zero-order valence-corrected chi connectivity index (χ0v) is 17.0. The first kappa shape index (κ1) is 20.6. The number of ether oxygens (including phenoxy) is 1. The van der Waals surface area contributed by atoms with Crippen molar-refractivity contribution >= 4 is 17.0 Å². The van der Waals surface area contributed by atoms with Gasteiger partial charge in [0.1, 0.15) is 5.52 Å². The quantitative estimate of drug-likeness (QED) is 0.615. The Morgan fingerprint density at radius 2 is 1.93 bits per heavy atom. The average molecular weight is 394 g/mol. The van der Waals surface area contributed by atoms with Gasteiger partial charge in [0.05, 0.1) is 12.1 Å². The van der Waals surface area contributed by atoms with E-state index >= 15 is 0 Å².